The van der Waals surface area contributed by atoms with E-state index < -0.39 is 11.4 Å². The Morgan fingerprint density at radius 1 is 1.24 bits per heavy atom. The zero-order chi connectivity index (χ0) is 20.6. The fourth-order valence-electron chi connectivity index (χ4n) is 3.40. The van der Waals surface area contributed by atoms with Gasteiger partial charge in [-0.25, -0.2) is 9.48 Å². The SMILES string of the molecule is Cc1ccc(-n2nc(-c3ccco3)cc2NC(=O)N2CCC(C)(C(=O)O)C2)cc1. The van der Waals surface area contributed by atoms with Gasteiger partial charge in [0.15, 0.2) is 5.76 Å². The number of rotatable bonds is 4. The Balaban J connectivity index is 1.63. The van der Waals surface area contributed by atoms with Gasteiger partial charge in [-0.2, -0.15) is 5.10 Å². The van der Waals surface area contributed by atoms with Gasteiger partial charge < -0.3 is 14.4 Å². The highest BCUT2D eigenvalue weighted by Gasteiger charge is 2.42. The molecule has 1 fully saturated rings. The summed E-state index contributed by atoms with van der Waals surface area (Å²) in [4.78, 5) is 25.8. The molecule has 1 saturated heterocycles. The van der Waals surface area contributed by atoms with Gasteiger partial charge >= 0.3 is 12.0 Å². The van der Waals surface area contributed by atoms with Gasteiger partial charge in [-0.05, 0) is 44.5 Å². The fourth-order valence-corrected chi connectivity index (χ4v) is 3.40. The van der Waals surface area contributed by atoms with Gasteiger partial charge in [-0.3, -0.25) is 10.1 Å². The Kier molecular flexibility index (Phi) is 4.62. The molecule has 2 N–H and O–H groups in total. The number of hydrogen-bond donors (Lipinski definition) is 2. The minimum Gasteiger partial charge on any atom is -0.481 e. The van der Waals surface area contributed by atoms with Gasteiger partial charge in [0.2, 0.25) is 0 Å². The van der Waals surface area contributed by atoms with E-state index in [1.807, 2.05) is 31.2 Å². The summed E-state index contributed by atoms with van der Waals surface area (Å²) < 4.78 is 7.08. The number of nitrogens with zero attached hydrogens (tertiary/aromatic N) is 3. The van der Waals surface area contributed by atoms with Crippen molar-refractivity contribution in [1.82, 2.24) is 14.7 Å². The molecular formula is C21H22N4O4. The third-order valence-corrected chi connectivity index (χ3v) is 5.27. The second-order valence-electron chi connectivity index (χ2n) is 7.61. The third-order valence-electron chi connectivity index (χ3n) is 5.27. The zero-order valence-electron chi connectivity index (χ0n) is 16.3. The number of carboxylic acids is 1. The average Bonchev–Trinajstić information content (AvgIpc) is 3.42. The van der Waals surface area contributed by atoms with Gasteiger partial charge in [-0.1, -0.05) is 17.7 Å². The van der Waals surface area contributed by atoms with Crippen molar-refractivity contribution < 1.29 is 19.1 Å². The summed E-state index contributed by atoms with van der Waals surface area (Å²) in [5.74, 6) is 0.178. The van der Waals surface area contributed by atoms with Crippen LogP contribution in [0.1, 0.15) is 18.9 Å². The van der Waals surface area contributed by atoms with Crippen LogP contribution in [0, 0.1) is 12.3 Å². The summed E-state index contributed by atoms with van der Waals surface area (Å²) in [7, 11) is 0. The monoisotopic (exact) mass is 394 g/mol. The van der Waals surface area contributed by atoms with E-state index in [1.54, 1.807) is 36.1 Å². The Morgan fingerprint density at radius 3 is 2.62 bits per heavy atom. The lowest BCUT2D eigenvalue weighted by atomic mass is 9.90. The molecule has 0 aliphatic carbocycles. The van der Waals surface area contributed by atoms with E-state index in [0.717, 1.165) is 11.3 Å². The number of carbonyl (C=O) groups is 2. The lowest BCUT2D eigenvalue weighted by Crippen LogP contribution is -2.37. The maximum Gasteiger partial charge on any atom is 0.323 e. The van der Waals surface area contributed by atoms with Gasteiger partial charge in [0, 0.05) is 19.2 Å². The molecule has 2 amide bonds. The number of amides is 2. The number of nitrogens with one attached hydrogen (secondary N) is 1. The quantitative estimate of drug-likeness (QED) is 0.702. The molecule has 2 aromatic heterocycles. The maximum atomic E-state index is 12.8. The average molecular weight is 394 g/mol. The molecule has 0 saturated carbocycles. The third kappa shape index (κ3) is 3.61. The van der Waals surface area contributed by atoms with Gasteiger partial charge in [0.05, 0.1) is 17.4 Å². The number of carboxylic acid groups (broad SMARTS) is 1. The molecule has 3 heterocycles. The highest BCUT2D eigenvalue weighted by atomic mass is 16.4. The van der Waals surface area contributed by atoms with E-state index in [4.69, 9.17) is 4.42 Å². The van der Waals surface area contributed by atoms with Gasteiger partial charge in [0.1, 0.15) is 11.5 Å². The van der Waals surface area contributed by atoms with Crippen LogP contribution in [0.3, 0.4) is 0 Å². The second-order valence-corrected chi connectivity index (χ2v) is 7.61. The summed E-state index contributed by atoms with van der Waals surface area (Å²) in [6.45, 7) is 4.21. The molecule has 1 atom stereocenters. The van der Waals surface area contributed by atoms with Crippen LogP contribution < -0.4 is 5.32 Å². The lowest BCUT2D eigenvalue weighted by Gasteiger charge is -2.20. The molecule has 3 aromatic rings. The number of furan rings is 1. The lowest BCUT2D eigenvalue weighted by molar-refractivity contribution is -0.146. The Morgan fingerprint density at radius 2 is 2.00 bits per heavy atom. The van der Waals surface area contributed by atoms with Crippen LogP contribution in [0.2, 0.25) is 0 Å². The van der Waals surface area contributed by atoms with Crippen molar-refractivity contribution in [2.45, 2.75) is 20.3 Å². The molecule has 0 bridgehead atoms. The summed E-state index contributed by atoms with van der Waals surface area (Å²) in [6.07, 6.45) is 1.99. The first-order valence-electron chi connectivity index (χ1n) is 9.36. The van der Waals surface area contributed by atoms with Crippen molar-refractivity contribution in [1.29, 1.82) is 0 Å². The minimum atomic E-state index is -0.923. The number of anilines is 1. The van der Waals surface area contributed by atoms with Crippen LogP contribution in [0.5, 0.6) is 0 Å². The maximum absolute atomic E-state index is 12.8. The highest BCUT2D eigenvalue weighted by Crippen LogP contribution is 2.31. The number of aliphatic carboxylic acids is 1. The van der Waals surface area contributed by atoms with E-state index >= 15 is 0 Å². The molecule has 0 radical (unpaired) electrons. The number of hydrogen-bond acceptors (Lipinski definition) is 4. The van der Waals surface area contributed by atoms with Crippen molar-refractivity contribution in [3.05, 3.63) is 54.3 Å². The number of aromatic nitrogens is 2. The molecule has 1 unspecified atom stereocenters. The standard InChI is InChI=1S/C21H22N4O4/c1-14-5-7-15(8-6-14)25-18(12-16(23-25)17-4-3-11-29-17)22-20(28)24-10-9-21(2,13-24)19(26)27/h3-8,11-12H,9-10,13H2,1-2H3,(H,22,28)(H,26,27). The summed E-state index contributed by atoms with van der Waals surface area (Å²) in [6, 6.07) is 12.7. The Hall–Kier alpha value is -3.55. The zero-order valence-corrected chi connectivity index (χ0v) is 16.3. The normalized spacial score (nSPS) is 18.8. The van der Waals surface area contributed by atoms with Crippen LogP contribution in [0.25, 0.3) is 17.1 Å². The summed E-state index contributed by atoms with van der Waals surface area (Å²) in [5, 5.41) is 16.9. The Bertz CT molecular complexity index is 1040. The number of likely N-dealkylation sites (tertiary alicyclic amines) is 1. The molecule has 8 nitrogen and oxygen atoms in total. The molecule has 1 aliphatic heterocycles. The molecule has 4 rings (SSSR count). The topological polar surface area (TPSA) is 101 Å². The van der Waals surface area contributed by atoms with E-state index in [0.29, 0.717) is 30.2 Å². The number of urea groups is 1. The summed E-state index contributed by atoms with van der Waals surface area (Å²) >= 11 is 0. The van der Waals surface area contributed by atoms with Crippen LogP contribution >= 0.6 is 0 Å². The first kappa shape index (κ1) is 18.8. The van der Waals surface area contributed by atoms with E-state index in [1.165, 1.54) is 4.90 Å². The van der Waals surface area contributed by atoms with Crippen molar-refractivity contribution in [2.75, 3.05) is 18.4 Å². The van der Waals surface area contributed by atoms with Crippen molar-refractivity contribution in [3.63, 3.8) is 0 Å². The number of benzene rings is 1. The van der Waals surface area contributed by atoms with Gasteiger partial charge in [-0.15, -0.1) is 0 Å². The second kappa shape index (κ2) is 7.12. The van der Waals surface area contributed by atoms with Crippen molar-refractivity contribution >= 4 is 17.8 Å². The fraction of sp³-hybridized carbons (Fsp3) is 0.286. The minimum absolute atomic E-state index is 0.165. The molecule has 29 heavy (non-hydrogen) atoms. The van der Waals surface area contributed by atoms with E-state index in [9.17, 15) is 14.7 Å². The van der Waals surface area contributed by atoms with E-state index in [2.05, 4.69) is 10.4 Å². The molecule has 1 aliphatic rings. The molecule has 150 valence electrons. The summed E-state index contributed by atoms with van der Waals surface area (Å²) in [5.41, 5.74) is 1.57. The predicted molar refractivity (Wildman–Crippen MR) is 107 cm³/mol. The van der Waals surface area contributed by atoms with E-state index in [-0.39, 0.29) is 12.6 Å². The van der Waals surface area contributed by atoms with Crippen LogP contribution in [-0.2, 0) is 4.79 Å². The predicted octanol–water partition coefficient (Wildman–Crippen LogP) is 3.77. The van der Waals surface area contributed by atoms with Crippen LogP contribution in [-0.4, -0.2) is 44.9 Å². The number of carbonyl (C=O) groups excluding carboxylic acids is 1. The first-order valence-corrected chi connectivity index (χ1v) is 9.36. The molecule has 1 aromatic carbocycles. The van der Waals surface area contributed by atoms with Crippen molar-refractivity contribution in [3.8, 4) is 17.1 Å². The molecular weight excluding hydrogens is 372 g/mol. The highest BCUT2D eigenvalue weighted by molar-refractivity contribution is 5.90. The largest absolute Gasteiger partial charge is 0.481 e. The van der Waals surface area contributed by atoms with Crippen LogP contribution in [0.15, 0.2) is 53.1 Å². The van der Waals surface area contributed by atoms with Crippen molar-refractivity contribution in [2.24, 2.45) is 5.41 Å². The molecule has 0 spiro atoms. The van der Waals surface area contributed by atoms with Gasteiger partial charge in [0.25, 0.3) is 0 Å². The molecule has 8 heteroatoms. The van der Waals surface area contributed by atoms with Crippen LogP contribution in [0.4, 0.5) is 10.6 Å². The first-order chi connectivity index (χ1) is 13.9. The smallest absolute Gasteiger partial charge is 0.323 e. The Labute approximate surface area is 167 Å². The number of aryl methyl sites for hydroxylation is 1.